The van der Waals surface area contributed by atoms with Gasteiger partial charge in [-0.2, -0.15) is 0 Å². The van der Waals surface area contributed by atoms with E-state index in [2.05, 4.69) is 10.6 Å². The third-order valence-corrected chi connectivity index (χ3v) is 7.77. The van der Waals surface area contributed by atoms with Crippen molar-refractivity contribution in [2.75, 3.05) is 31.2 Å². The number of amides is 1. The van der Waals surface area contributed by atoms with Crippen LogP contribution in [0.5, 0.6) is 0 Å². The number of hydrogen-bond acceptors (Lipinski definition) is 7. The smallest absolute Gasteiger partial charge is 0.222 e. The van der Waals surface area contributed by atoms with Gasteiger partial charge in [-0.15, -0.1) is 0 Å². The maximum Gasteiger partial charge on any atom is 0.222 e. The minimum Gasteiger partial charge on any atom is -0.373 e. The second kappa shape index (κ2) is 9.32. The summed E-state index contributed by atoms with van der Waals surface area (Å²) >= 11 is 0. The lowest BCUT2D eigenvalue weighted by molar-refractivity contribution is -0.132. The van der Waals surface area contributed by atoms with Crippen LogP contribution in [-0.4, -0.2) is 55.1 Å². The Balaban J connectivity index is 1.40. The van der Waals surface area contributed by atoms with Crippen LogP contribution in [0.15, 0.2) is 35.2 Å². The van der Waals surface area contributed by atoms with Crippen LogP contribution < -0.4 is 10.6 Å². The summed E-state index contributed by atoms with van der Waals surface area (Å²) < 4.78 is 24.9. The number of benzene rings is 1. The van der Waals surface area contributed by atoms with Crippen molar-refractivity contribution in [2.45, 2.75) is 49.6 Å². The van der Waals surface area contributed by atoms with E-state index in [0.717, 1.165) is 42.3 Å². The number of anilines is 1. The van der Waals surface area contributed by atoms with Crippen molar-refractivity contribution < 1.29 is 13.2 Å². The Bertz CT molecular complexity index is 1040. The van der Waals surface area contributed by atoms with E-state index in [-0.39, 0.29) is 24.1 Å². The number of rotatable bonds is 7. The first-order valence-corrected chi connectivity index (χ1v) is 12.5. The maximum atomic E-state index is 12.8. The van der Waals surface area contributed by atoms with E-state index in [1.165, 1.54) is 0 Å². The van der Waals surface area contributed by atoms with Crippen molar-refractivity contribution in [3.63, 3.8) is 0 Å². The fraction of sp³-hybridized carbons (Fsp3) is 0.500. The highest BCUT2D eigenvalue weighted by Gasteiger charge is 2.28. The molecular formula is C22H29N5O3S. The van der Waals surface area contributed by atoms with Gasteiger partial charge in [-0.05, 0) is 44.4 Å². The van der Waals surface area contributed by atoms with Gasteiger partial charge in [0.25, 0.3) is 0 Å². The Morgan fingerprint density at radius 1 is 1.26 bits per heavy atom. The van der Waals surface area contributed by atoms with Crippen LogP contribution in [0.2, 0.25) is 0 Å². The molecule has 1 amide bonds. The van der Waals surface area contributed by atoms with Crippen molar-refractivity contribution in [1.82, 2.24) is 20.2 Å². The molecule has 2 N–H and O–H groups in total. The first kappa shape index (κ1) is 21.7. The third kappa shape index (κ3) is 4.88. The van der Waals surface area contributed by atoms with Crippen LogP contribution in [-0.2, 0) is 27.6 Å². The van der Waals surface area contributed by atoms with Gasteiger partial charge < -0.3 is 15.5 Å². The van der Waals surface area contributed by atoms with Crippen LogP contribution in [0.1, 0.15) is 48.8 Å². The van der Waals surface area contributed by atoms with Gasteiger partial charge in [0.1, 0.15) is 11.6 Å². The lowest BCUT2D eigenvalue weighted by Crippen LogP contribution is -2.37. The largest absolute Gasteiger partial charge is 0.373 e. The molecular weight excluding hydrogens is 414 g/mol. The summed E-state index contributed by atoms with van der Waals surface area (Å²) in [6, 6.07) is 8.54. The lowest BCUT2D eigenvalue weighted by Gasteiger charge is -2.30. The number of fused-ring (bicyclic) bond motifs is 1. The van der Waals surface area contributed by atoms with Gasteiger partial charge in [0.15, 0.2) is 9.84 Å². The van der Waals surface area contributed by atoms with E-state index in [1.807, 2.05) is 7.05 Å². The molecule has 1 fully saturated rings. The van der Waals surface area contributed by atoms with Crippen LogP contribution in [0.4, 0.5) is 5.82 Å². The highest BCUT2D eigenvalue weighted by atomic mass is 32.2. The number of sulfone groups is 1. The minimum atomic E-state index is -3.37. The van der Waals surface area contributed by atoms with E-state index in [1.54, 1.807) is 35.2 Å². The summed E-state index contributed by atoms with van der Waals surface area (Å²) in [6.45, 7) is 2.00. The molecule has 2 aliphatic rings. The second-order valence-electron chi connectivity index (χ2n) is 8.06. The highest BCUT2D eigenvalue weighted by Crippen LogP contribution is 2.28. The molecule has 8 nitrogen and oxygen atoms in total. The molecule has 166 valence electrons. The van der Waals surface area contributed by atoms with Gasteiger partial charge in [-0.25, -0.2) is 18.4 Å². The van der Waals surface area contributed by atoms with Gasteiger partial charge in [0.05, 0.1) is 28.9 Å². The monoisotopic (exact) mass is 443 g/mol. The number of hydrogen-bond donors (Lipinski definition) is 2. The predicted octanol–water partition coefficient (Wildman–Crippen LogP) is 2.08. The predicted molar refractivity (Wildman–Crippen MR) is 118 cm³/mol. The number of carbonyl (C=O) groups is 1. The maximum absolute atomic E-state index is 12.8. The van der Waals surface area contributed by atoms with Crippen molar-refractivity contribution >= 4 is 21.6 Å². The van der Waals surface area contributed by atoms with Crippen LogP contribution in [0.25, 0.3) is 0 Å². The zero-order valence-electron chi connectivity index (χ0n) is 17.8. The Morgan fingerprint density at radius 2 is 2.06 bits per heavy atom. The van der Waals surface area contributed by atoms with Crippen molar-refractivity contribution in [1.29, 1.82) is 0 Å². The quantitative estimate of drug-likeness (QED) is 0.675. The summed E-state index contributed by atoms with van der Waals surface area (Å²) in [6.07, 6.45) is 3.33. The number of nitrogens with one attached hydrogen (secondary N) is 2. The number of nitrogens with zero attached hydrogens (tertiary/aromatic N) is 3. The van der Waals surface area contributed by atoms with E-state index in [9.17, 15) is 13.2 Å². The molecule has 1 aromatic carbocycles. The SMILES string of the molecule is CNc1nc(C2CCCN2)nc2c1CCN(C(=O)CCCS(=O)(=O)c1ccccc1)C2. The Hall–Kier alpha value is -2.52. The van der Waals surface area contributed by atoms with Gasteiger partial charge in [0, 0.05) is 25.6 Å². The molecule has 2 aliphatic heterocycles. The number of aromatic nitrogens is 2. The zero-order valence-corrected chi connectivity index (χ0v) is 18.6. The molecule has 1 atom stereocenters. The molecule has 0 spiro atoms. The summed E-state index contributed by atoms with van der Waals surface area (Å²) in [5, 5.41) is 6.61. The van der Waals surface area contributed by atoms with Crippen molar-refractivity contribution in [2.24, 2.45) is 0 Å². The summed E-state index contributed by atoms with van der Waals surface area (Å²) in [7, 11) is -1.51. The van der Waals surface area contributed by atoms with Crippen LogP contribution in [0.3, 0.4) is 0 Å². The molecule has 9 heteroatoms. The Morgan fingerprint density at radius 3 is 2.77 bits per heavy atom. The molecule has 0 saturated carbocycles. The average molecular weight is 444 g/mol. The molecule has 4 rings (SSSR count). The van der Waals surface area contributed by atoms with Gasteiger partial charge in [0.2, 0.25) is 5.91 Å². The Kier molecular flexibility index (Phi) is 6.52. The first-order chi connectivity index (χ1) is 15.0. The molecule has 1 saturated heterocycles. The topological polar surface area (TPSA) is 104 Å². The standard InChI is InChI=1S/C22H29N5O3S/c1-23-21-17-11-13-27(15-19(17)25-22(26-21)18-9-5-12-24-18)20(28)10-6-14-31(29,30)16-7-3-2-4-8-16/h2-4,7-8,18,24H,5-6,9-15H2,1H3,(H,23,25,26). The molecule has 0 bridgehead atoms. The summed E-state index contributed by atoms with van der Waals surface area (Å²) in [4.78, 5) is 24.4. The van der Waals surface area contributed by atoms with Crippen LogP contribution >= 0.6 is 0 Å². The Labute approximate surface area is 183 Å². The molecule has 0 aliphatic carbocycles. The molecule has 31 heavy (non-hydrogen) atoms. The van der Waals surface area contributed by atoms with Gasteiger partial charge >= 0.3 is 0 Å². The lowest BCUT2D eigenvalue weighted by atomic mass is 10.0. The fourth-order valence-electron chi connectivity index (χ4n) is 4.25. The van der Waals surface area contributed by atoms with E-state index in [0.29, 0.717) is 30.8 Å². The van der Waals surface area contributed by atoms with E-state index in [4.69, 9.17) is 9.97 Å². The van der Waals surface area contributed by atoms with Crippen molar-refractivity contribution in [3.8, 4) is 0 Å². The van der Waals surface area contributed by atoms with Gasteiger partial charge in [-0.1, -0.05) is 18.2 Å². The van der Waals surface area contributed by atoms with E-state index >= 15 is 0 Å². The van der Waals surface area contributed by atoms with Crippen molar-refractivity contribution in [3.05, 3.63) is 47.4 Å². The second-order valence-corrected chi connectivity index (χ2v) is 10.2. The average Bonchev–Trinajstić information content (AvgIpc) is 3.33. The van der Waals surface area contributed by atoms with Crippen LogP contribution in [0, 0.1) is 0 Å². The zero-order chi connectivity index (χ0) is 21.8. The fourth-order valence-corrected chi connectivity index (χ4v) is 5.58. The molecule has 1 aromatic heterocycles. The third-order valence-electron chi connectivity index (χ3n) is 5.95. The van der Waals surface area contributed by atoms with Gasteiger partial charge in [-0.3, -0.25) is 4.79 Å². The molecule has 0 radical (unpaired) electrons. The molecule has 3 heterocycles. The number of carbonyl (C=O) groups excluding carboxylic acids is 1. The first-order valence-electron chi connectivity index (χ1n) is 10.8. The summed E-state index contributed by atoms with van der Waals surface area (Å²) in [5.74, 6) is 1.56. The summed E-state index contributed by atoms with van der Waals surface area (Å²) in [5.41, 5.74) is 1.96. The van der Waals surface area contributed by atoms with E-state index < -0.39 is 9.84 Å². The molecule has 1 unspecified atom stereocenters. The normalized spacial score (nSPS) is 18.6. The highest BCUT2D eigenvalue weighted by molar-refractivity contribution is 7.91. The molecule has 2 aromatic rings. The minimum absolute atomic E-state index is 0.0286.